The highest BCUT2D eigenvalue weighted by atomic mass is 79.9. The van der Waals surface area contributed by atoms with Gasteiger partial charge in [-0.2, -0.15) is 4.98 Å². The van der Waals surface area contributed by atoms with E-state index in [9.17, 15) is 19.5 Å². The second-order valence-corrected chi connectivity index (χ2v) is 24.6. The molecule has 2 saturated heterocycles. The van der Waals surface area contributed by atoms with Crippen molar-refractivity contribution >= 4 is 50.0 Å². The molecule has 12 rings (SSSR count). The van der Waals surface area contributed by atoms with Gasteiger partial charge in [-0.25, -0.2) is 9.67 Å². The van der Waals surface area contributed by atoms with Crippen molar-refractivity contribution in [2.75, 3.05) is 26.2 Å². The van der Waals surface area contributed by atoms with Gasteiger partial charge in [-0.05, 0) is 165 Å². The van der Waals surface area contributed by atoms with Crippen molar-refractivity contribution in [1.29, 1.82) is 0 Å². The summed E-state index contributed by atoms with van der Waals surface area (Å²) < 4.78 is 4.96. The maximum atomic E-state index is 14.9. The molecule has 4 atom stereocenters. The number of halogens is 1. The van der Waals surface area contributed by atoms with Gasteiger partial charge in [0.2, 0.25) is 11.8 Å². The number of aliphatic hydroxyl groups is 1. The van der Waals surface area contributed by atoms with E-state index in [2.05, 4.69) is 72.1 Å². The number of benzene rings is 3. The minimum absolute atomic E-state index is 0.0900. The number of fused-ring (bicyclic) bond motifs is 7. The summed E-state index contributed by atoms with van der Waals surface area (Å²) in [6.45, 7) is 7.41. The van der Waals surface area contributed by atoms with Crippen LogP contribution < -0.4 is 10.9 Å². The van der Waals surface area contributed by atoms with E-state index >= 15 is 0 Å². The number of rotatable bonds is 11. The first kappa shape index (κ1) is 49.8. The van der Waals surface area contributed by atoms with Gasteiger partial charge in [0.05, 0.1) is 55.9 Å². The van der Waals surface area contributed by atoms with Crippen LogP contribution in [0.4, 0.5) is 0 Å². The second-order valence-electron chi connectivity index (χ2n) is 22.9. The molecular weight excluding hydrogens is 1010 g/mol. The molecule has 74 heavy (non-hydrogen) atoms. The van der Waals surface area contributed by atoms with E-state index in [1.165, 1.54) is 23.2 Å². The molecule has 6 heterocycles. The van der Waals surface area contributed by atoms with Gasteiger partial charge in [-0.15, -0.1) is 16.4 Å². The quantitative estimate of drug-likeness (QED) is 0.129. The molecule has 3 aromatic carbocycles. The Bertz CT molecular complexity index is 3090. The summed E-state index contributed by atoms with van der Waals surface area (Å²) in [4.78, 5) is 57.2. The summed E-state index contributed by atoms with van der Waals surface area (Å²) in [6, 6.07) is 19.9. The predicted molar refractivity (Wildman–Crippen MR) is 293 cm³/mol. The third kappa shape index (κ3) is 9.29. The van der Waals surface area contributed by atoms with Gasteiger partial charge in [0, 0.05) is 36.1 Å². The number of thiazole rings is 1. The van der Waals surface area contributed by atoms with E-state index in [1.54, 1.807) is 16.2 Å². The van der Waals surface area contributed by atoms with Crippen molar-refractivity contribution in [2.45, 2.75) is 164 Å². The molecule has 3 aliphatic carbocycles. The number of nitrogens with one attached hydrogen (secondary N) is 1. The topological polar surface area (TPSA) is 151 Å². The lowest BCUT2D eigenvalue weighted by Crippen LogP contribution is -2.50. The van der Waals surface area contributed by atoms with Crippen LogP contribution in [0, 0.1) is 18.8 Å². The molecule has 3 saturated carbocycles. The highest BCUT2D eigenvalue weighted by molar-refractivity contribution is 9.10. The fourth-order valence-corrected chi connectivity index (χ4v) is 15.7. The van der Waals surface area contributed by atoms with Crippen LogP contribution in [0.2, 0.25) is 0 Å². The van der Waals surface area contributed by atoms with Gasteiger partial charge in [-0.3, -0.25) is 19.0 Å². The molecule has 6 aliphatic rings. The Labute approximate surface area is 446 Å². The van der Waals surface area contributed by atoms with Gasteiger partial charge >= 0.3 is 0 Å². The molecular formula is C59H70BrN9O4S. The number of carbonyl (C=O) groups is 2. The van der Waals surface area contributed by atoms with Crippen molar-refractivity contribution in [1.82, 2.24) is 44.6 Å². The highest BCUT2D eigenvalue weighted by Crippen LogP contribution is 2.52. The van der Waals surface area contributed by atoms with Crippen molar-refractivity contribution in [3.63, 3.8) is 0 Å². The SMILES string of the molecule is Cc1ncsc1-c1ccc([C@H](C)NC(=O)[C@@H]2C[C@@H](O)CN2C(=O)[C@H](C2CCCCC2)n2cc(C3CCC(CN4CCC(c5ccc6c(c5)-n5c(nc(=O)c7c(Br)cccc75)C65CCCCC5)CC4)CC3)nn2)cc1. The zero-order chi connectivity index (χ0) is 50.7. The summed E-state index contributed by atoms with van der Waals surface area (Å²) in [5.41, 5.74) is 10.5. The number of aryl methyl sites for hydroxylation is 1. The molecule has 2 N–H and O–H groups in total. The largest absolute Gasteiger partial charge is 0.391 e. The molecule has 2 amide bonds. The average molecular weight is 1080 g/mol. The van der Waals surface area contributed by atoms with Gasteiger partial charge in [0.1, 0.15) is 17.9 Å². The molecule has 3 aromatic heterocycles. The van der Waals surface area contributed by atoms with Crippen molar-refractivity contribution in [3.05, 3.63) is 121 Å². The Morgan fingerprint density at radius 2 is 1.66 bits per heavy atom. The van der Waals surface area contributed by atoms with E-state index < -0.39 is 18.2 Å². The van der Waals surface area contributed by atoms with Crippen LogP contribution in [-0.2, 0) is 15.0 Å². The molecule has 13 nitrogen and oxygen atoms in total. The molecule has 15 heteroatoms. The number of aliphatic hydroxyl groups excluding tert-OH is 1. The predicted octanol–water partition coefficient (Wildman–Crippen LogP) is 10.8. The average Bonchev–Trinajstić information content (AvgIpc) is 4.25. The number of aromatic nitrogens is 6. The number of hydrogen-bond acceptors (Lipinski definition) is 10. The van der Waals surface area contributed by atoms with Gasteiger partial charge in [0.25, 0.3) is 5.56 Å². The second kappa shape index (κ2) is 20.8. The number of carbonyl (C=O) groups excluding carboxylic acids is 2. The minimum atomic E-state index is -0.776. The van der Waals surface area contributed by atoms with Gasteiger partial charge in [-0.1, -0.05) is 86.2 Å². The molecule has 388 valence electrons. The molecule has 5 fully saturated rings. The number of likely N-dealkylation sites (tertiary alicyclic amines) is 2. The lowest BCUT2D eigenvalue weighted by atomic mass is 9.69. The first-order valence-corrected chi connectivity index (χ1v) is 29.5. The Balaban J connectivity index is 0.676. The van der Waals surface area contributed by atoms with Gasteiger partial charge < -0.3 is 20.2 Å². The van der Waals surface area contributed by atoms with Crippen molar-refractivity contribution in [3.8, 4) is 16.1 Å². The monoisotopic (exact) mass is 1080 g/mol. The van der Waals surface area contributed by atoms with Crippen LogP contribution in [0.3, 0.4) is 0 Å². The zero-order valence-corrected chi connectivity index (χ0v) is 45.3. The maximum absolute atomic E-state index is 14.9. The van der Waals surface area contributed by atoms with E-state index in [1.807, 2.05) is 54.5 Å². The smallest absolute Gasteiger partial charge is 0.281 e. The van der Waals surface area contributed by atoms with Crippen LogP contribution in [-0.4, -0.2) is 94.6 Å². The Kier molecular flexibility index (Phi) is 14.0. The third-order valence-corrected chi connectivity index (χ3v) is 20.1. The maximum Gasteiger partial charge on any atom is 0.281 e. The number of amides is 2. The van der Waals surface area contributed by atoms with Crippen LogP contribution >= 0.6 is 27.3 Å². The standard InChI is InChI=1S/C59H70BrN9O4S/c1-36(39-18-20-43(21-19-39)54-37(2)61-35-74-54)62-55(71)51-31-45(70)33-67(51)57(73)53(42-10-5-3-6-11-42)68-34-48(64-65-68)41-16-14-38(15-17-41)32-66-28-24-40(25-29-66)44-22-23-46-50(30-44)69-49-13-9-12-47(60)52(49)56(72)63-58(69)59(46)26-7-4-8-27-59/h9,12-13,18-23,30,34-36,38,40-42,45,51,53,70H,3-8,10-11,14-17,24-29,31-33H2,1-2H3,(H,62,71)/t36-,38?,41?,45+,51-,53-/m0/s1. The highest BCUT2D eigenvalue weighted by Gasteiger charge is 2.48. The Morgan fingerprint density at radius 1 is 0.905 bits per heavy atom. The molecule has 0 unspecified atom stereocenters. The molecule has 1 spiro atoms. The number of piperidine rings is 1. The summed E-state index contributed by atoms with van der Waals surface area (Å²) in [5, 5.41) is 24.3. The number of hydrogen-bond donors (Lipinski definition) is 2. The minimum Gasteiger partial charge on any atom is -0.391 e. The van der Waals surface area contributed by atoms with E-state index in [0.717, 1.165) is 159 Å². The molecule has 0 radical (unpaired) electrons. The van der Waals surface area contributed by atoms with E-state index in [4.69, 9.17) is 15.3 Å². The molecule has 3 aliphatic heterocycles. The van der Waals surface area contributed by atoms with Crippen LogP contribution in [0.1, 0.15) is 174 Å². The number of β-amino-alcohol motifs (C(OH)–C–C–N with tert-alkyl or cyclic N) is 1. The lowest BCUT2D eigenvalue weighted by molar-refractivity contribution is -0.143. The van der Waals surface area contributed by atoms with E-state index in [-0.39, 0.29) is 47.7 Å². The van der Waals surface area contributed by atoms with Gasteiger partial charge in [0.15, 0.2) is 0 Å². The zero-order valence-electron chi connectivity index (χ0n) is 42.9. The normalized spacial score (nSPS) is 24.2. The Morgan fingerprint density at radius 3 is 2.41 bits per heavy atom. The first-order valence-electron chi connectivity index (χ1n) is 27.8. The van der Waals surface area contributed by atoms with Crippen LogP contribution in [0.25, 0.3) is 27.0 Å². The molecule has 6 aromatic rings. The summed E-state index contributed by atoms with van der Waals surface area (Å²) >= 11 is 5.29. The van der Waals surface area contributed by atoms with Crippen LogP contribution in [0.5, 0.6) is 0 Å². The summed E-state index contributed by atoms with van der Waals surface area (Å²) in [7, 11) is 0. The number of nitrogens with zero attached hydrogens (tertiary/aromatic N) is 8. The Hall–Kier alpha value is -5.09. The van der Waals surface area contributed by atoms with Crippen molar-refractivity contribution < 1.29 is 14.7 Å². The van der Waals surface area contributed by atoms with Crippen molar-refractivity contribution in [2.24, 2.45) is 11.8 Å². The molecule has 0 bridgehead atoms. The summed E-state index contributed by atoms with van der Waals surface area (Å²) in [6.07, 6.45) is 18.9. The lowest BCUT2D eigenvalue weighted by Gasteiger charge is -2.37. The first-order chi connectivity index (χ1) is 36.0. The third-order valence-electron chi connectivity index (χ3n) is 18.4. The van der Waals surface area contributed by atoms with E-state index in [0.29, 0.717) is 23.1 Å². The fourth-order valence-electron chi connectivity index (χ4n) is 14.4. The fraction of sp³-hybridized carbons (Fsp3) is 0.542. The van der Waals surface area contributed by atoms with Crippen LogP contribution in [0.15, 0.2) is 81.6 Å². The summed E-state index contributed by atoms with van der Waals surface area (Å²) in [5.74, 6) is 2.08.